The maximum Gasteiger partial charge on any atom is 0.255 e. The number of alkyl halides is 1. The molecule has 0 spiro atoms. The predicted octanol–water partition coefficient (Wildman–Crippen LogP) is 2.63. The SMILES string of the molecule is O=C(NCC1CCCC1Br)c1cnn2ccccc12. The third-order valence-electron chi connectivity index (χ3n) is 3.76. The number of hydrogen-bond donors (Lipinski definition) is 1. The Morgan fingerprint density at radius 3 is 3.16 bits per heavy atom. The molecular weight excluding hydrogens is 306 g/mol. The highest BCUT2D eigenvalue weighted by Gasteiger charge is 2.25. The van der Waals surface area contributed by atoms with Crippen molar-refractivity contribution >= 4 is 27.4 Å². The minimum absolute atomic E-state index is 0.0344. The normalized spacial score (nSPS) is 22.8. The van der Waals surface area contributed by atoms with Gasteiger partial charge in [0.05, 0.1) is 17.3 Å². The van der Waals surface area contributed by atoms with Crippen molar-refractivity contribution in [2.45, 2.75) is 24.1 Å². The number of rotatable bonds is 3. The Morgan fingerprint density at radius 1 is 1.47 bits per heavy atom. The molecule has 2 heterocycles. The number of carbonyl (C=O) groups excluding carboxylic acids is 1. The standard InChI is InChI=1S/C14H16BrN3O/c15-12-5-3-4-10(12)8-16-14(19)11-9-17-18-7-2-1-6-13(11)18/h1-2,6-7,9-10,12H,3-5,8H2,(H,16,19). The van der Waals surface area contributed by atoms with Crippen LogP contribution in [0.2, 0.25) is 0 Å². The highest BCUT2D eigenvalue weighted by Crippen LogP contribution is 2.30. The van der Waals surface area contributed by atoms with Gasteiger partial charge in [0.25, 0.3) is 5.91 Å². The number of hydrogen-bond acceptors (Lipinski definition) is 2. The van der Waals surface area contributed by atoms with E-state index < -0.39 is 0 Å². The second-order valence-corrected chi connectivity index (χ2v) is 6.18. The summed E-state index contributed by atoms with van der Waals surface area (Å²) in [5, 5.41) is 7.21. The Hall–Kier alpha value is -1.36. The number of halogens is 1. The molecule has 3 rings (SSSR count). The average molecular weight is 322 g/mol. The largest absolute Gasteiger partial charge is 0.352 e. The molecule has 1 aliphatic carbocycles. The van der Waals surface area contributed by atoms with Crippen LogP contribution in [0, 0.1) is 5.92 Å². The van der Waals surface area contributed by atoms with Crippen LogP contribution >= 0.6 is 15.9 Å². The first kappa shape index (κ1) is 12.7. The molecule has 0 radical (unpaired) electrons. The van der Waals surface area contributed by atoms with E-state index in [4.69, 9.17) is 0 Å². The molecule has 2 unspecified atom stereocenters. The molecule has 1 fully saturated rings. The molecule has 0 saturated heterocycles. The molecule has 1 aliphatic rings. The summed E-state index contributed by atoms with van der Waals surface area (Å²) < 4.78 is 1.72. The van der Waals surface area contributed by atoms with Gasteiger partial charge in [0.2, 0.25) is 0 Å². The van der Waals surface area contributed by atoms with E-state index in [-0.39, 0.29) is 5.91 Å². The van der Waals surface area contributed by atoms with E-state index in [9.17, 15) is 4.79 Å². The van der Waals surface area contributed by atoms with Crippen LogP contribution in [0.15, 0.2) is 30.6 Å². The molecule has 5 heteroatoms. The first-order valence-corrected chi connectivity index (χ1v) is 7.52. The van der Waals surface area contributed by atoms with E-state index in [0.29, 0.717) is 16.3 Å². The van der Waals surface area contributed by atoms with Crippen molar-refractivity contribution in [3.05, 3.63) is 36.2 Å². The van der Waals surface area contributed by atoms with Crippen LogP contribution in [0.4, 0.5) is 0 Å². The highest BCUT2D eigenvalue weighted by atomic mass is 79.9. The minimum Gasteiger partial charge on any atom is -0.352 e. The molecule has 1 saturated carbocycles. The van der Waals surface area contributed by atoms with Gasteiger partial charge in [-0.3, -0.25) is 4.79 Å². The van der Waals surface area contributed by atoms with Gasteiger partial charge >= 0.3 is 0 Å². The summed E-state index contributed by atoms with van der Waals surface area (Å²) in [5.74, 6) is 0.513. The zero-order valence-electron chi connectivity index (χ0n) is 10.6. The predicted molar refractivity (Wildman–Crippen MR) is 77.6 cm³/mol. The fourth-order valence-corrected chi connectivity index (χ4v) is 3.43. The van der Waals surface area contributed by atoms with Gasteiger partial charge in [-0.1, -0.05) is 28.4 Å². The van der Waals surface area contributed by atoms with Crippen molar-refractivity contribution in [2.75, 3.05) is 6.54 Å². The maximum atomic E-state index is 12.2. The van der Waals surface area contributed by atoms with E-state index in [1.807, 2.05) is 24.4 Å². The number of pyridine rings is 1. The molecular formula is C14H16BrN3O. The Balaban J connectivity index is 1.70. The molecule has 2 aromatic rings. The summed E-state index contributed by atoms with van der Waals surface area (Å²) in [6.07, 6.45) is 7.11. The van der Waals surface area contributed by atoms with Crippen molar-refractivity contribution in [3.63, 3.8) is 0 Å². The number of nitrogens with zero attached hydrogens (tertiary/aromatic N) is 2. The third-order valence-corrected chi connectivity index (χ3v) is 4.97. The number of fused-ring (bicyclic) bond motifs is 1. The van der Waals surface area contributed by atoms with Gasteiger partial charge in [-0.05, 0) is 30.9 Å². The number of carbonyl (C=O) groups is 1. The molecule has 4 nitrogen and oxygen atoms in total. The minimum atomic E-state index is -0.0344. The topological polar surface area (TPSA) is 46.4 Å². The van der Waals surface area contributed by atoms with Crippen LogP contribution in [0.25, 0.3) is 5.52 Å². The van der Waals surface area contributed by atoms with Crippen LogP contribution in [0.3, 0.4) is 0 Å². The summed E-state index contributed by atoms with van der Waals surface area (Å²) >= 11 is 3.68. The van der Waals surface area contributed by atoms with Crippen LogP contribution in [0.1, 0.15) is 29.6 Å². The van der Waals surface area contributed by atoms with E-state index in [2.05, 4.69) is 26.3 Å². The fraction of sp³-hybridized carbons (Fsp3) is 0.429. The molecule has 0 aromatic carbocycles. The summed E-state index contributed by atoms with van der Waals surface area (Å²) in [7, 11) is 0. The van der Waals surface area contributed by atoms with Crippen molar-refractivity contribution in [1.82, 2.24) is 14.9 Å². The van der Waals surface area contributed by atoms with Crippen molar-refractivity contribution in [1.29, 1.82) is 0 Å². The lowest BCUT2D eigenvalue weighted by Crippen LogP contribution is -2.30. The van der Waals surface area contributed by atoms with E-state index in [0.717, 1.165) is 12.1 Å². The Kier molecular flexibility index (Phi) is 3.55. The van der Waals surface area contributed by atoms with E-state index in [1.54, 1.807) is 10.7 Å². The third kappa shape index (κ3) is 2.52. The molecule has 2 atom stereocenters. The van der Waals surface area contributed by atoms with Crippen LogP contribution < -0.4 is 5.32 Å². The Labute approximate surface area is 120 Å². The molecule has 2 aromatic heterocycles. The second-order valence-electron chi connectivity index (χ2n) is 5.01. The Bertz CT molecular complexity index is 595. The van der Waals surface area contributed by atoms with Crippen molar-refractivity contribution in [3.8, 4) is 0 Å². The van der Waals surface area contributed by atoms with Crippen molar-refractivity contribution in [2.24, 2.45) is 5.92 Å². The van der Waals surface area contributed by atoms with Gasteiger partial charge in [0.15, 0.2) is 0 Å². The quantitative estimate of drug-likeness (QED) is 0.883. The maximum absolute atomic E-state index is 12.2. The summed E-state index contributed by atoms with van der Waals surface area (Å²) in [4.78, 5) is 12.7. The molecule has 0 bridgehead atoms. The summed E-state index contributed by atoms with van der Waals surface area (Å²) in [6, 6.07) is 5.72. The van der Waals surface area contributed by atoms with Gasteiger partial charge < -0.3 is 5.32 Å². The number of nitrogens with one attached hydrogen (secondary N) is 1. The lowest BCUT2D eigenvalue weighted by molar-refractivity contribution is 0.0949. The average Bonchev–Trinajstić information content (AvgIpc) is 3.02. The van der Waals surface area contributed by atoms with Crippen LogP contribution in [-0.4, -0.2) is 26.9 Å². The van der Waals surface area contributed by atoms with E-state index >= 15 is 0 Å². The molecule has 100 valence electrons. The lowest BCUT2D eigenvalue weighted by atomic mass is 10.1. The Morgan fingerprint density at radius 2 is 2.37 bits per heavy atom. The van der Waals surface area contributed by atoms with Crippen LogP contribution in [-0.2, 0) is 0 Å². The first-order chi connectivity index (χ1) is 9.25. The lowest BCUT2D eigenvalue weighted by Gasteiger charge is -2.14. The molecule has 1 amide bonds. The number of amides is 1. The zero-order valence-corrected chi connectivity index (χ0v) is 12.1. The van der Waals surface area contributed by atoms with Gasteiger partial charge in [-0.15, -0.1) is 0 Å². The molecule has 0 aliphatic heterocycles. The summed E-state index contributed by atoms with van der Waals surface area (Å²) in [6.45, 7) is 0.735. The second kappa shape index (κ2) is 5.33. The van der Waals surface area contributed by atoms with Crippen LogP contribution in [0.5, 0.6) is 0 Å². The van der Waals surface area contributed by atoms with Gasteiger partial charge in [0, 0.05) is 17.6 Å². The zero-order chi connectivity index (χ0) is 13.2. The smallest absolute Gasteiger partial charge is 0.255 e. The first-order valence-electron chi connectivity index (χ1n) is 6.60. The fourth-order valence-electron chi connectivity index (χ4n) is 2.65. The molecule has 1 N–H and O–H groups in total. The number of aromatic nitrogens is 2. The van der Waals surface area contributed by atoms with Gasteiger partial charge in [-0.2, -0.15) is 5.10 Å². The van der Waals surface area contributed by atoms with E-state index in [1.165, 1.54) is 19.3 Å². The molecule has 19 heavy (non-hydrogen) atoms. The highest BCUT2D eigenvalue weighted by molar-refractivity contribution is 9.09. The summed E-state index contributed by atoms with van der Waals surface area (Å²) in [5.41, 5.74) is 1.49. The van der Waals surface area contributed by atoms with Crippen molar-refractivity contribution < 1.29 is 4.79 Å². The van der Waals surface area contributed by atoms with Gasteiger partial charge in [-0.25, -0.2) is 4.52 Å². The van der Waals surface area contributed by atoms with Gasteiger partial charge in [0.1, 0.15) is 0 Å². The monoisotopic (exact) mass is 321 g/mol.